The van der Waals surface area contributed by atoms with E-state index in [1.165, 1.54) is 0 Å². The van der Waals surface area contributed by atoms with E-state index in [4.69, 9.17) is 33.3 Å². The van der Waals surface area contributed by atoms with Crippen molar-refractivity contribution in [3.63, 3.8) is 0 Å². The van der Waals surface area contributed by atoms with E-state index < -0.39 is 5.97 Å². The second kappa shape index (κ2) is 12.6. The van der Waals surface area contributed by atoms with Gasteiger partial charge in [-0.25, -0.2) is 4.79 Å². The third kappa shape index (κ3) is 8.21. The molecule has 0 aliphatic carbocycles. The van der Waals surface area contributed by atoms with Crippen LogP contribution in [0.1, 0.15) is 35.7 Å². The molecule has 3 aromatic carbocycles. The van der Waals surface area contributed by atoms with E-state index in [9.17, 15) is 4.79 Å². The number of carbonyl (C=O) groups is 1. The number of hydrogen-bond acceptors (Lipinski definition) is 5. The van der Waals surface area contributed by atoms with Crippen LogP contribution in [0, 0.1) is 0 Å². The maximum Gasteiger partial charge on any atom is 0.343 e. The van der Waals surface area contributed by atoms with E-state index in [1.54, 1.807) is 66.9 Å². The van der Waals surface area contributed by atoms with Gasteiger partial charge >= 0.3 is 5.97 Å². The van der Waals surface area contributed by atoms with Gasteiger partial charge in [0.25, 0.3) is 0 Å². The molecule has 0 saturated carbocycles. The number of hydrogen-bond donors (Lipinski definition) is 2. The summed E-state index contributed by atoms with van der Waals surface area (Å²) in [6, 6.07) is 21.1. The first kappa shape index (κ1) is 24.2. The van der Waals surface area contributed by atoms with E-state index in [0.29, 0.717) is 28.1 Å². The Kier molecular flexibility index (Phi) is 9.23. The first-order valence-electron chi connectivity index (χ1n) is 10.4. The highest BCUT2D eigenvalue weighted by Gasteiger charge is 2.09. The van der Waals surface area contributed by atoms with Crippen LogP contribution in [0.2, 0.25) is 5.02 Å². The average Bonchev–Trinajstić information content (AvgIpc) is 2.81. The molecule has 6 nitrogen and oxygen atoms in total. The summed E-state index contributed by atoms with van der Waals surface area (Å²) in [6.45, 7) is 2.77. The molecular weight excluding hydrogens is 458 g/mol. The number of thiocarbonyl (C=S) groups is 1. The van der Waals surface area contributed by atoms with Crippen LogP contribution in [0.25, 0.3) is 0 Å². The number of nitrogens with zero attached hydrogens (tertiary/aromatic N) is 1. The average molecular weight is 482 g/mol. The van der Waals surface area contributed by atoms with Gasteiger partial charge in [0, 0.05) is 10.7 Å². The number of ether oxygens (including phenoxy) is 2. The van der Waals surface area contributed by atoms with Gasteiger partial charge in [-0.1, -0.05) is 31.0 Å². The van der Waals surface area contributed by atoms with Gasteiger partial charge in [0.1, 0.15) is 11.5 Å². The molecule has 0 fully saturated rings. The predicted molar refractivity (Wildman–Crippen MR) is 137 cm³/mol. The Labute approximate surface area is 203 Å². The van der Waals surface area contributed by atoms with E-state index in [-0.39, 0.29) is 0 Å². The summed E-state index contributed by atoms with van der Waals surface area (Å²) < 4.78 is 11.0. The molecule has 0 spiro atoms. The first-order chi connectivity index (χ1) is 16.0. The van der Waals surface area contributed by atoms with E-state index >= 15 is 0 Å². The summed E-state index contributed by atoms with van der Waals surface area (Å²) in [5, 5.41) is 8.04. The van der Waals surface area contributed by atoms with Crippen LogP contribution in [0.5, 0.6) is 11.5 Å². The van der Waals surface area contributed by atoms with Crippen molar-refractivity contribution in [1.82, 2.24) is 5.43 Å². The van der Waals surface area contributed by atoms with Crippen LogP contribution in [0.3, 0.4) is 0 Å². The normalized spacial score (nSPS) is 10.6. The molecule has 0 amide bonds. The summed E-state index contributed by atoms with van der Waals surface area (Å²) in [6.07, 6.45) is 3.67. The molecule has 0 radical (unpaired) electrons. The number of esters is 1. The molecular formula is C25H24ClN3O3S. The fourth-order valence-electron chi connectivity index (χ4n) is 2.70. The molecule has 3 aromatic rings. The minimum absolute atomic E-state index is 0.334. The number of benzene rings is 3. The minimum Gasteiger partial charge on any atom is -0.494 e. The van der Waals surface area contributed by atoms with E-state index in [0.717, 1.165) is 29.8 Å². The number of halogens is 1. The van der Waals surface area contributed by atoms with Crippen LogP contribution in [0.15, 0.2) is 77.9 Å². The van der Waals surface area contributed by atoms with Crippen molar-refractivity contribution < 1.29 is 14.3 Å². The Morgan fingerprint density at radius 2 is 1.79 bits per heavy atom. The molecule has 0 aliphatic rings. The Hall–Kier alpha value is -3.42. The number of anilines is 1. The Balaban J connectivity index is 1.47. The van der Waals surface area contributed by atoms with Crippen LogP contribution in [0.4, 0.5) is 5.69 Å². The van der Waals surface area contributed by atoms with Crippen LogP contribution in [-0.4, -0.2) is 23.9 Å². The second-order valence-electron chi connectivity index (χ2n) is 7.02. The second-order valence-corrected chi connectivity index (χ2v) is 7.86. The number of rotatable bonds is 9. The highest BCUT2D eigenvalue weighted by Crippen LogP contribution is 2.17. The first-order valence-corrected chi connectivity index (χ1v) is 11.2. The Morgan fingerprint density at radius 3 is 2.48 bits per heavy atom. The monoisotopic (exact) mass is 481 g/mol. The summed E-state index contributed by atoms with van der Waals surface area (Å²) in [5.74, 6) is 0.738. The molecule has 170 valence electrons. The molecule has 0 heterocycles. The zero-order valence-corrected chi connectivity index (χ0v) is 19.7. The van der Waals surface area contributed by atoms with Gasteiger partial charge in [-0.3, -0.25) is 5.43 Å². The fraction of sp³-hybridized carbons (Fsp3) is 0.160. The summed E-state index contributed by atoms with van der Waals surface area (Å²) in [5.41, 5.74) is 4.76. The summed E-state index contributed by atoms with van der Waals surface area (Å²) in [4.78, 5) is 12.4. The number of carbonyl (C=O) groups excluding carboxylic acids is 1. The third-order valence-electron chi connectivity index (χ3n) is 4.41. The Morgan fingerprint density at radius 1 is 1.06 bits per heavy atom. The lowest BCUT2D eigenvalue weighted by Gasteiger charge is -2.08. The van der Waals surface area contributed by atoms with Crippen molar-refractivity contribution >= 4 is 46.8 Å². The Bertz CT molecular complexity index is 1100. The molecule has 33 heavy (non-hydrogen) atoms. The number of unbranched alkanes of at least 4 members (excludes halogenated alkanes) is 1. The number of nitrogens with one attached hydrogen (secondary N) is 2. The highest BCUT2D eigenvalue weighted by molar-refractivity contribution is 7.80. The zero-order chi connectivity index (χ0) is 23.5. The molecule has 0 unspecified atom stereocenters. The molecule has 0 atom stereocenters. The van der Waals surface area contributed by atoms with Gasteiger partial charge in [0.05, 0.1) is 18.4 Å². The van der Waals surface area contributed by atoms with Crippen molar-refractivity contribution in [3.05, 3.63) is 88.9 Å². The lowest BCUT2D eigenvalue weighted by Crippen LogP contribution is -2.23. The van der Waals surface area contributed by atoms with Gasteiger partial charge < -0.3 is 14.8 Å². The van der Waals surface area contributed by atoms with Gasteiger partial charge in [-0.2, -0.15) is 5.10 Å². The van der Waals surface area contributed by atoms with Crippen LogP contribution in [-0.2, 0) is 0 Å². The maximum absolute atomic E-state index is 12.4. The largest absolute Gasteiger partial charge is 0.494 e. The lowest BCUT2D eigenvalue weighted by atomic mass is 10.2. The fourth-order valence-corrected chi connectivity index (χ4v) is 3.06. The quantitative estimate of drug-likeness (QED) is 0.0966. The van der Waals surface area contributed by atoms with Crippen LogP contribution < -0.4 is 20.2 Å². The van der Waals surface area contributed by atoms with Gasteiger partial charge in [0.15, 0.2) is 5.11 Å². The molecule has 3 rings (SSSR count). The molecule has 0 aliphatic heterocycles. The van der Waals surface area contributed by atoms with E-state index in [1.807, 2.05) is 12.1 Å². The highest BCUT2D eigenvalue weighted by atomic mass is 35.5. The van der Waals surface area contributed by atoms with Crippen molar-refractivity contribution in [2.45, 2.75) is 19.8 Å². The minimum atomic E-state index is -0.435. The lowest BCUT2D eigenvalue weighted by molar-refractivity contribution is 0.0734. The van der Waals surface area contributed by atoms with Gasteiger partial charge in [-0.05, 0) is 90.9 Å². The third-order valence-corrected chi connectivity index (χ3v) is 4.84. The van der Waals surface area contributed by atoms with E-state index in [2.05, 4.69) is 22.8 Å². The topological polar surface area (TPSA) is 72.0 Å². The predicted octanol–water partition coefficient (Wildman–Crippen LogP) is 6.06. The molecule has 0 saturated heterocycles. The van der Waals surface area contributed by atoms with Crippen molar-refractivity contribution in [3.8, 4) is 11.5 Å². The van der Waals surface area contributed by atoms with Gasteiger partial charge in [-0.15, -0.1) is 0 Å². The maximum atomic E-state index is 12.4. The zero-order valence-electron chi connectivity index (χ0n) is 18.1. The van der Waals surface area contributed by atoms with Crippen molar-refractivity contribution in [2.24, 2.45) is 5.10 Å². The van der Waals surface area contributed by atoms with Crippen molar-refractivity contribution in [2.75, 3.05) is 11.9 Å². The van der Waals surface area contributed by atoms with Crippen LogP contribution >= 0.6 is 23.8 Å². The smallest absolute Gasteiger partial charge is 0.343 e. The summed E-state index contributed by atoms with van der Waals surface area (Å²) >= 11 is 11.1. The SMILES string of the molecule is CCCCOc1ccc(C(=O)Oc2ccc(C=NNC(=S)Nc3cccc(Cl)c3)cc2)cc1. The molecule has 0 bridgehead atoms. The molecule has 0 aromatic heterocycles. The molecule has 2 N–H and O–H groups in total. The standard InChI is InChI=1S/C25H24ClN3O3S/c1-2-3-15-31-22-13-9-19(10-14-22)24(30)32-23-11-7-18(8-12-23)17-27-29-25(33)28-21-6-4-5-20(26)16-21/h4-14,16-17H,2-3,15H2,1H3,(H2,28,29,33). The number of hydrazone groups is 1. The summed E-state index contributed by atoms with van der Waals surface area (Å²) in [7, 11) is 0. The molecule has 8 heteroatoms. The van der Waals surface area contributed by atoms with Crippen molar-refractivity contribution in [1.29, 1.82) is 0 Å². The van der Waals surface area contributed by atoms with Gasteiger partial charge in [0.2, 0.25) is 0 Å².